The molecule has 0 saturated heterocycles. The lowest BCUT2D eigenvalue weighted by Gasteiger charge is -2.20. The van der Waals surface area contributed by atoms with Gasteiger partial charge in [0, 0.05) is 29.4 Å². The Labute approximate surface area is 129 Å². The summed E-state index contributed by atoms with van der Waals surface area (Å²) in [6.45, 7) is 5.08. The standard InChI is InChI=1S/C18H18N4/c1-12(2)22-18-14-8-4-3-7-13(14)11-19-16-10-6-5-9-15(16)17(18)20-21-22/h3-10,12,19H,11H2,1-2H3. The molecule has 1 aromatic heterocycles. The van der Waals surface area contributed by atoms with Gasteiger partial charge in [-0.2, -0.15) is 0 Å². The quantitative estimate of drug-likeness (QED) is 0.733. The smallest absolute Gasteiger partial charge is 0.123 e. The Hall–Kier alpha value is -2.62. The zero-order valence-corrected chi connectivity index (χ0v) is 12.7. The minimum Gasteiger partial charge on any atom is -0.380 e. The molecule has 0 atom stereocenters. The molecule has 22 heavy (non-hydrogen) atoms. The number of rotatable bonds is 1. The Morgan fingerprint density at radius 3 is 2.55 bits per heavy atom. The molecule has 2 heterocycles. The molecular weight excluding hydrogens is 272 g/mol. The second-order valence-corrected chi connectivity index (χ2v) is 5.88. The van der Waals surface area contributed by atoms with Gasteiger partial charge in [-0.3, -0.25) is 0 Å². The molecule has 4 heteroatoms. The predicted molar refractivity (Wildman–Crippen MR) is 88.6 cm³/mol. The molecule has 0 amide bonds. The van der Waals surface area contributed by atoms with Crippen molar-refractivity contribution < 1.29 is 0 Å². The number of hydrogen-bond acceptors (Lipinski definition) is 3. The van der Waals surface area contributed by atoms with E-state index in [0.717, 1.165) is 29.2 Å². The van der Waals surface area contributed by atoms with Crippen molar-refractivity contribution in [3.8, 4) is 22.5 Å². The number of benzene rings is 2. The largest absolute Gasteiger partial charge is 0.380 e. The first-order valence-corrected chi connectivity index (χ1v) is 7.62. The maximum absolute atomic E-state index is 4.49. The third kappa shape index (κ3) is 1.91. The molecule has 0 spiro atoms. The second kappa shape index (κ2) is 4.98. The third-order valence-electron chi connectivity index (χ3n) is 4.11. The number of aromatic nitrogens is 3. The maximum atomic E-state index is 4.49. The number of para-hydroxylation sites is 1. The number of anilines is 1. The van der Waals surface area contributed by atoms with E-state index >= 15 is 0 Å². The van der Waals surface area contributed by atoms with Crippen molar-refractivity contribution in [2.75, 3.05) is 5.32 Å². The van der Waals surface area contributed by atoms with E-state index in [1.54, 1.807) is 0 Å². The lowest BCUT2D eigenvalue weighted by Crippen LogP contribution is -2.10. The summed E-state index contributed by atoms with van der Waals surface area (Å²) in [6.07, 6.45) is 0. The normalized spacial score (nSPS) is 12.7. The third-order valence-corrected chi connectivity index (χ3v) is 4.11. The molecule has 2 aromatic carbocycles. The maximum Gasteiger partial charge on any atom is 0.123 e. The van der Waals surface area contributed by atoms with Gasteiger partial charge in [0.25, 0.3) is 0 Å². The van der Waals surface area contributed by atoms with Gasteiger partial charge in [-0.1, -0.05) is 47.7 Å². The van der Waals surface area contributed by atoms with Crippen LogP contribution in [0.5, 0.6) is 0 Å². The highest BCUT2D eigenvalue weighted by molar-refractivity contribution is 5.87. The predicted octanol–water partition coefficient (Wildman–Crippen LogP) is 4.12. The Morgan fingerprint density at radius 2 is 1.73 bits per heavy atom. The van der Waals surface area contributed by atoms with Gasteiger partial charge in [0.1, 0.15) is 5.69 Å². The molecule has 3 aromatic rings. The molecule has 1 aliphatic rings. The van der Waals surface area contributed by atoms with E-state index in [4.69, 9.17) is 0 Å². The van der Waals surface area contributed by atoms with Crippen molar-refractivity contribution in [2.24, 2.45) is 0 Å². The zero-order valence-electron chi connectivity index (χ0n) is 12.7. The summed E-state index contributed by atoms with van der Waals surface area (Å²) in [5, 5.41) is 12.4. The minimum absolute atomic E-state index is 0.267. The highest BCUT2D eigenvalue weighted by Gasteiger charge is 2.23. The second-order valence-electron chi connectivity index (χ2n) is 5.88. The highest BCUT2D eigenvalue weighted by atomic mass is 15.4. The van der Waals surface area contributed by atoms with Gasteiger partial charge in [0.2, 0.25) is 0 Å². The summed E-state index contributed by atoms with van der Waals surface area (Å²) < 4.78 is 2.02. The van der Waals surface area contributed by atoms with Crippen LogP contribution in [0.1, 0.15) is 25.5 Å². The van der Waals surface area contributed by atoms with Crippen LogP contribution in [-0.2, 0) is 6.54 Å². The molecule has 1 aliphatic heterocycles. The Kier molecular flexibility index (Phi) is 2.96. The van der Waals surface area contributed by atoms with E-state index in [-0.39, 0.29) is 6.04 Å². The fourth-order valence-corrected chi connectivity index (χ4v) is 3.03. The van der Waals surface area contributed by atoms with E-state index < -0.39 is 0 Å². The van der Waals surface area contributed by atoms with Crippen LogP contribution in [0.15, 0.2) is 48.5 Å². The van der Waals surface area contributed by atoms with Crippen LogP contribution in [0.2, 0.25) is 0 Å². The molecule has 4 rings (SSSR count). The van der Waals surface area contributed by atoms with Crippen LogP contribution in [-0.4, -0.2) is 15.0 Å². The van der Waals surface area contributed by atoms with Crippen LogP contribution >= 0.6 is 0 Å². The van der Waals surface area contributed by atoms with Gasteiger partial charge in [-0.15, -0.1) is 5.10 Å². The molecule has 0 aliphatic carbocycles. The van der Waals surface area contributed by atoms with Gasteiger partial charge < -0.3 is 5.32 Å². The van der Waals surface area contributed by atoms with Crippen molar-refractivity contribution in [1.82, 2.24) is 15.0 Å². The Morgan fingerprint density at radius 1 is 1.00 bits per heavy atom. The number of hydrogen-bond donors (Lipinski definition) is 1. The minimum atomic E-state index is 0.267. The first-order valence-electron chi connectivity index (χ1n) is 7.62. The molecular formula is C18H18N4. The summed E-state index contributed by atoms with van der Waals surface area (Å²) in [7, 11) is 0. The van der Waals surface area contributed by atoms with Crippen LogP contribution in [0.25, 0.3) is 22.5 Å². The molecule has 0 unspecified atom stereocenters. The van der Waals surface area contributed by atoms with Gasteiger partial charge in [0.15, 0.2) is 0 Å². The van der Waals surface area contributed by atoms with Gasteiger partial charge in [-0.25, -0.2) is 4.68 Å². The summed E-state index contributed by atoms with van der Waals surface area (Å²) in [5.41, 5.74) is 6.75. The van der Waals surface area contributed by atoms with Crippen molar-refractivity contribution in [1.29, 1.82) is 0 Å². The van der Waals surface area contributed by atoms with E-state index in [1.807, 2.05) is 16.8 Å². The highest BCUT2D eigenvalue weighted by Crippen LogP contribution is 2.39. The molecule has 0 radical (unpaired) electrons. The van der Waals surface area contributed by atoms with Crippen molar-refractivity contribution in [3.63, 3.8) is 0 Å². The first-order chi connectivity index (χ1) is 10.8. The van der Waals surface area contributed by atoms with Crippen LogP contribution in [0.4, 0.5) is 5.69 Å². The van der Waals surface area contributed by atoms with E-state index in [9.17, 15) is 0 Å². The molecule has 4 nitrogen and oxygen atoms in total. The van der Waals surface area contributed by atoms with Crippen LogP contribution in [0, 0.1) is 0 Å². The van der Waals surface area contributed by atoms with Gasteiger partial charge in [0.05, 0.1) is 5.69 Å². The van der Waals surface area contributed by atoms with E-state index in [0.29, 0.717) is 0 Å². The summed E-state index contributed by atoms with van der Waals surface area (Å²) in [5.74, 6) is 0. The molecule has 110 valence electrons. The lowest BCUT2D eigenvalue weighted by molar-refractivity contribution is 0.519. The molecule has 0 fully saturated rings. The monoisotopic (exact) mass is 290 g/mol. The first kappa shape index (κ1) is 13.1. The average Bonchev–Trinajstić information content (AvgIpc) is 2.96. The van der Waals surface area contributed by atoms with E-state index in [2.05, 4.69) is 65.9 Å². The molecule has 0 bridgehead atoms. The molecule has 1 N–H and O–H groups in total. The SMILES string of the molecule is CC(C)n1nnc2c1-c1ccccc1CNc1ccccc1-2. The summed E-state index contributed by atoms with van der Waals surface area (Å²) in [6, 6.07) is 17.0. The fourth-order valence-electron chi connectivity index (χ4n) is 3.03. The zero-order chi connectivity index (χ0) is 15.1. The average molecular weight is 290 g/mol. The molecule has 0 saturated carbocycles. The lowest BCUT2D eigenvalue weighted by atomic mass is 9.96. The Bertz CT molecular complexity index is 833. The van der Waals surface area contributed by atoms with Gasteiger partial charge in [-0.05, 0) is 25.5 Å². The summed E-state index contributed by atoms with van der Waals surface area (Å²) in [4.78, 5) is 0. The van der Waals surface area contributed by atoms with Gasteiger partial charge >= 0.3 is 0 Å². The number of nitrogens with zero attached hydrogens (tertiary/aromatic N) is 3. The van der Waals surface area contributed by atoms with Crippen molar-refractivity contribution in [2.45, 2.75) is 26.4 Å². The topological polar surface area (TPSA) is 42.7 Å². The van der Waals surface area contributed by atoms with Crippen LogP contribution < -0.4 is 5.32 Å². The van der Waals surface area contributed by atoms with Crippen molar-refractivity contribution >= 4 is 5.69 Å². The summed E-state index contributed by atoms with van der Waals surface area (Å²) >= 11 is 0. The number of nitrogens with one attached hydrogen (secondary N) is 1. The Balaban J connectivity index is 2.08. The van der Waals surface area contributed by atoms with E-state index in [1.165, 1.54) is 11.1 Å². The fraction of sp³-hybridized carbons (Fsp3) is 0.222. The van der Waals surface area contributed by atoms with Crippen molar-refractivity contribution in [3.05, 3.63) is 54.1 Å². The number of fused-ring (bicyclic) bond motifs is 5. The van der Waals surface area contributed by atoms with Crippen LogP contribution in [0.3, 0.4) is 0 Å².